The van der Waals surface area contributed by atoms with Crippen LogP contribution in [0.25, 0.3) is 0 Å². The van der Waals surface area contributed by atoms with Crippen molar-refractivity contribution in [1.82, 2.24) is 4.98 Å². The van der Waals surface area contributed by atoms with E-state index in [1.165, 1.54) is 29.1 Å². The van der Waals surface area contributed by atoms with Crippen molar-refractivity contribution < 1.29 is 14.3 Å². The number of carbonyl (C=O) groups is 2. The Morgan fingerprint density at radius 1 is 1.27 bits per heavy atom. The summed E-state index contributed by atoms with van der Waals surface area (Å²) in [6.07, 6.45) is 8.27. The predicted octanol–water partition coefficient (Wildman–Crippen LogP) is 3.94. The van der Waals surface area contributed by atoms with Gasteiger partial charge in [0, 0.05) is 11.3 Å². The van der Waals surface area contributed by atoms with Gasteiger partial charge in [-0.05, 0) is 45.4 Å². The summed E-state index contributed by atoms with van der Waals surface area (Å²) in [5, 5.41) is 0.363. The van der Waals surface area contributed by atoms with Gasteiger partial charge in [-0.1, -0.05) is 6.42 Å². The number of alkyl halides is 1. The summed E-state index contributed by atoms with van der Waals surface area (Å²) in [5.74, 6) is -0.0372. The van der Waals surface area contributed by atoms with Crippen molar-refractivity contribution in [2.75, 3.05) is 6.61 Å². The SMILES string of the molecule is CCOC(=O)c1nc2c(s1)CCCC2.O=C1CCCCC1Cl. The van der Waals surface area contributed by atoms with Crippen LogP contribution < -0.4 is 0 Å². The highest BCUT2D eigenvalue weighted by atomic mass is 35.5. The third kappa shape index (κ3) is 4.78. The van der Waals surface area contributed by atoms with Crippen LogP contribution in [0.15, 0.2) is 0 Å². The molecule has 4 nitrogen and oxygen atoms in total. The summed E-state index contributed by atoms with van der Waals surface area (Å²) in [6.45, 7) is 2.23. The molecule has 3 rings (SSSR count). The summed E-state index contributed by atoms with van der Waals surface area (Å²) in [6, 6.07) is 0. The molecule has 1 fully saturated rings. The largest absolute Gasteiger partial charge is 0.461 e. The van der Waals surface area contributed by atoms with Gasteiger partial charge in [-0.25, -0.2) is 9.78 Å². The summed E-state index contributed by atoms with van der Waals surface area (Å²) in [7, 11) is 0. The van der Waals surface area contributed by atoms with Crippen molar-refractivity contribution in [1.29, 1.82) is 0 Å². The Kier molecular flexibility index (Phi) is 6.83. The number of nitrogens with zero attached hydrogens (tertiary/aromatic N) is 1. The number of hydrogen-bond donors (Lipinski definition) is 0. The minimum Gasteiger partial charge on any atom is -0.461 e. The molecule has 122 valence electrons. The lowest BCUT2D eigenvalue weighted by Gasteiger charge is -2.12. The molecule has 0 saturated heterocycles. The zero-order valence-corrected chi connectivity index (χ0v) is 14.5. The minimum atomic E-state index is -0.271. The van der Waals surface area contributed by atoms with E-state index in [2.05, 4.69) is 4.98 Å². The van der Waals surface area contributed by atoms with Crippen LogP contribution in [-0.2, 0) is 22.4 Å². The standard InChI is InChI=1S/C10H13NO2S.C6H9ClO/c1-2-13-10(12)9-11-7-5-3-4-6-8(7)14-9;7-5-3-1-2-4-6(5)8/h2-6H2,1H3;5H,1-4H2. The lowest BCUT2D eigenvalue weighted by atomic mass is 9.99. The normalized spacial score (nSPS) is 20.6. The molecule has 1 saturated carbocycles. The van der Waals surface area contributed by atoms with Crippen LogP contribution in [0.1, 0.15) is 65.8 Å². The maximum absolute atomic E-state index is 11.4. The van der Waals surface area contributed by atoms with Gasteiger partial charge in [-0.3, -0.25) is 4.79 Å². The number of hydrogen-bond acceptors (Lipinski definition) is 5. The first-order chi connectivity index (χ1) is 10.6. The van der Waals surface area contributed by atoms with Gasteiger partial charge in [-0.2, -0.15) is 0 Å². The van der Waals surface area contributed by atoms with Crippen molar-refractivity contribution in [2.45, 2.75) is 63.7 Å². The second kappa shape index (κ2) is 8.63. The van der Waals surface area contributed by atoms with Gasteiger partial charge in [0.25, 0.3) is 0 Å². The lowest BCUT2D eigenvalue weighted by molar-refractivity contribution is -0.119. The van der Waals surface area contributed by atoms with Crippen molar-refractivity contribution in [3.05, 3.63) is 15.6 Å². The van der Waals surface area contributed by atoms with Crippen LogP contribution in [0, 0.1) is 0 Å². The van der Waals surface area contributed by atoms with E-state index in [4.69, 9.17) is 16.3 Å². The van der Waals surface area contributed by atoms with Gasteiger partial charge in [0.1, 0.15) is 0 Å². The molecule has 0 aromatic carbocycles. The molecule has 22 heavy (non-hydrogen) atoms. The monoisotopic (exact) mass is 343 g/mol. The second-order valence-corrected chi connectivity index (χ2v) is 7.11. The van der Waals surface area contributed by atoms with Gasteiger partial charge in [0.05, 0.1) is 17.7 Å². The van der Waals surface area contributed by atoms with E-state index in [1.54, 1.807) is 0 Å². The first-order valence-corrected chi connectivity index (χ1v) is 9.19. The smallest absolute Gasteiger partial charge is 0.367 e. The fourth-order valence-corrected chi connectivity index (χ4v) is 3.88. The fraction of sp³-hybridized carbons (Fsp3) is 0.688. The highest BCUT2D eigenvalue weighted by molar-refractivity contribution is 7.13. The van der Waals surface area contributed by atoms with E-state index in [-0.39, 0.29) is 17.1 Å². The number of ketones is 1. The lowest BCUT2D eigenvalue weighted by Crippen LogP contribution is -2.18. The molecule has 6 heteroatoms. The topological polar surface area (TPSA) is 56.3 Å². The zero-order chi connectivity index (χ0) is 15.9. The molecule has 2 aliphatic rings. The average molecular weight is 344 g/mol. The van der Waals surface area contributed by atoms with Gasteiger partial charge in [0.2, 0.25) is 5.01 Å². The number of halogens is 1. The zero-order valence-electron chi connectivity index (χ0n) is 12.9. The first-order valence-electron chi connectivity index (χ1n) is 7.94. The number of aromatic nitrogens is 1. The number of Topliss-reactive ketones (excluding diaryl/α,β-unsaturated/α-hetero) is 1. The van der Waals surface area contributed by atoms with Crippen molar-refractivity contribution >= 4 is 34.7 Å². The van der Waals surface area contributed by atoms with E-state index in [0.29, 0.717) is 18.0 Å². The molecule has 0 amide bonds. The Morgan fingerprint density at radius 3 is 2.59 bits per heavy atom. The summed E-state index contributed by atoms with van der Waals surface area (Å²) >= 11 is 7.12. The van der Waals surface area contributed by atoms with Crippen LogP contribution in [0.2, 0.25) is 0 Å². The number of esters is 1. The van der Waals surface area contributed by atoms with E-state index in [9.17, 15) is 9.59 Å². The van der Waals surface area contributed by atoms with Gasteiger partial charge < -0.3 is 4.74 Å². The van der Waals surface area contributed by atoms with Crippen molar-refractivity contribution in [3.8, 4) is 0 Å². The fourth-order valence-electron chi connectivity index (χ4n) is 2.57. The molecule has 0 bridgehead atoms. The van der Waals surface area contributed by atoms with Crippen molar-refractivity contribution in [3.63, 3.8) is 0 Å². The summed E-state index contributed by atoms with van der Waals surface area (Å²) in [4.78, 5) is 27.6. The molecule has 1 aromatic heterocycles. The Morgan fingerprint density at radius 2 is 2.00 bits per heavy atom. The maximum atomic E-state index is 11.4. The van der Waals surface area contributed by atoms with Gasteiger partial charge >= 0.3 is 5.97 Å². The second-order valence-electron chi connectivity index (χ2n) is 5.50. The Balaban J connectivity index is 0.000000188. The molecule has 0 aliphatic heterocycles. The molecule has 0 spiro atoms. The third-order valence-electron chi connectivity index (χ3n) is 3.78. The summed E-state index contributed by atoms with van der Waals surface area (Å²) in [5.41, 5.74) is 1.12. The Labute approximate surface area is 140 Å². The highest BCUT2D eigenvalue weighted by Gasteiger charge is 2.19. The molecular formula is C16H22ClNO3S. The van der Waals surface area contributed by atoms with E-state index < -0.39 is 0 Å². The molecule has 0 radical (unpaired) electrons. The molecule has 0 N–H and O–H groups in total. The molecule has 2 aliphatic carbocycles. The van der Waals surface area contributed by atoms with Gasteiger partial charge in [0.15, 0.2) is 5.78 Å². The number of aryl methyl sites for hydroxylation is 2. The first kappa shape index (κ1) is 17.4. The van der Waals surface area contributed by atoms with E-state index in [1.807, 2.05) is 6.92 Å². The summed E-state index contributed by atoms with van der Waals surface area (Å²) < 4.78 is 4.91. The van der Waals surface area contributed by atoms with E-state index in [0.717, 1.165) is 37.8 Å². The van der Waals surface area contributed by atoms with Crippen LogP contribution >= 0.6 is 22.9 Å². The Hall–Kier alpha value is -0.940. The van der Waals surface area contributed by atoms with Crippen molar-refractivity contribution in [2.24, 2.45) is 0 Å². The minimum absolute atomic E-state index is 0.163. The maximum Gasteiger partial charge on any atom is 0.367 e. The van der Waals surface area contributed by atoms with E-state index >= 15 is 0 Å². The van der Waals surface area contributed by atoms with Crippen LogP contribution in [0.3, 0.4) is 0 Å². The van der Waals surface area contributed by atoms with Gasteiger partial charge in [-0.15, -0.1) is 22.9 Å². The molecule has 1 atom stereocenters. The highest BCUT2D eigenvalue weighted by Crippen LogP contribution is 2.26. The van der Waals surface area contributed by atoms with Crippen LogP contribution in [-0.4, -0.2) is 28.7 Å². The number of rotatable bonds is 2. The molecule has 1 unspecified atom stereocenters. The molecular weight excluding hydrogens is 322 g/mol. The van der Waals surface area contributed by atoms with Crippen LogP contribution in [0.5, 0.6) is 0 Å². The van der Waals surface area contributed by atoms with Crippen LogP contribution in [0.4, 0.5) is 0 Å². The number of fused-ring (bicyclic) bond motifs is 1. The average Bonchev–Trinajstić information content (AvgIpc) is 2.95. The number of thiazole rings is 1. The molecule has 1 heterocycles. The third-order valence-corrected chi connectivity index (χ3v) is 5.37. The predicted molar refractivity (Wildman–Crippen MR) is 87.8 cm³/mol. The quantitative estimate of drug-likeness (QED) is 0.603. The number of ether oxygens (including phenoxy) is 1. The molecule has 1 aromatic rings. The Bertz CT molecular complexity index is 506. The number of carbonyl (C=O) groups excluding carboxylic acids is 2.